The third kappa shape index (κ3) is 1.67. The normalized spacial score (nSPS) is 10.8. The summed E-state index contributed by atoms with van der Waals surface area (Å²) in [6.45, 7) is 0.570. The Hall–Kier alpha value is -2.57. The molecule has 7 nitrogen and oxygen atoms in total. The summed E-state index contributed by atoms with van der Waals surface area (Å²) in [4.78, 5) is 4.26. The minimum absolute atomic E-state index is 0.568. The number of nitrogen functional groups attached to an aromatic ring is 1. The van der Waals surface area contributed by atoms with E-state index in [9.17, 15) is 0 Å². The predicted octanol–water partition coefficient (Wildman–Crippen LogP) is 0.647. The van der Waals surface area contributed by atoms with Crippen LogP contribution in [0, 0.1) is 0 Å². The number of hydrogen-bond acceptors (Lipinski definition) is 5. The van der Waals surface area contributed by atoms with E-state index >= 15 is 0 Å². The van der Waals surface area contributed by atoms with E-state index < -0.39 is 0 Å². The first kappa shape index (κ1) is 9.64. The molecule has 0 aromatic carbocycles. The summed E-state index contributed by atoms with van der Waals surface area (Å²) in [5.74, 6) is 1.34. The number of fused-ring (bicyclic) bond motifs is 1. The molecule has 0 aliphatic rings. The monoisotopic (exact) mass is 229 g/mol. The molecule has 3 heterocycles. The smallest absolute Gasteiger partial charge is 0.152 e. The zero-order chi connectivity index (χ0) is 11.7. The minimum Gasteiger partial charge on any atom is -0.384 e. The molecule has 0 spiro atoms. The molecule has 0 saturated heterocycles. The van der Waals surface area contributed by atoms with Crippen molar-refractivity contribution in [2.45, 2.75) is 6.54 Å². The van der Waals surface area contributed by atoms with Gasteiger partial charge in [0.05, 0.1) is 12.4 Å². The van der Waals surface area contributed by atoms with Gasteiger partial charge in [-0.3, -0.25) is 5.10 Å². The molecule has 0 amide bonds. The van der Waals surface area contributed by atoms with Crippen LogP contribution in [0.3, 0.4) is 0 Å². The van der Waals surface area contributed by atoms with Crippen molar-refractivity contribution in [1.29, 1.82) is 0 Å². The lowest BCUT2D eigenvalue weighted by atomic mass is 10.3. The van der Waals surface area contributed by atoms with Crippen molar-refractivity contribution in [3.8, 4) is 0 Å². The first-order chi connectivity index (χ1) is 8.34. The Morgan fingerprint density at radius 3 is 3.18 bits per heavy atom. The second kappa shape index (κ2) is 3.78. The van der Waals surface area contributed by atoms with Gasteiger partial charge in [-0.1, -0.05) is 0 Å². The first-order valence-electron chi connectivity index (χ1n) is 5.14. The van der Waals surface area contributed by atoms with Crippen molar-refractivity contribution in [2.75, 3.05) is 11.1 Å². The van der Waals surface area contributed by atoms with Gasteiger partial charge < -0.3 is 11.1 Å². The maximum absolute atomic E-state index is 5.70. The molecule has 0 saturated carbocycles. The summed E-state index contributed by atoms with van der Waals surface area (Å²) in [6, 6.07) is 1.90. The largest absolute Gasteiger partial charge is 0.384 e. The van der Waals surface area contributed by atoms with E-state index in [1.165, 1.54) is 0 Å². The van der Waals surface area contributed by atoms with Crippen LogP contribution in [0.2, 0.25) is 0 Å². The molecule has 0 aliphatic carbocycles. The predicted molar refractivity (Wildman–Crippen MR) is 63.3 cm³/mol. The van der Waals surface area contributed by atoms with Crippen molar-refractivity contribution in [1.82, 2.24) is 24.8 Å². The van der Waals surface area contributed by atoms with Crippen molar-refractivity contribution < 1.29 is 0 Å². The van der Waals surface area contributed by atoms with Crippen LogP contribution in [-0.2, 0) is 6.54 Å². The van der Waals surface area contributed by atoms with Crippen LogP contribution >= 0.6 is 0 Å². The number of nitrogens with two attached hydrogens (primary N) is 1. The summed E-state index contributed by atoms with van der Waals surface area (Å²) >= 11 is 0. The lowest BCUT2D eigenvalue weighted by Gasteiger charge is -2.05. The van der Waals surface area contributed by atoms with Gasteiger partial charge in [0.2, 0.25) is 0 Å². The molecule has 86 valence electrons. The van der Waals surface area contributed by atoms with Gasteiger partial charge in [-0.15, -0.1) is 0 Å². The summed E-state index contributed by atoms with van der Waals surface area (Å²) in [5, 5.41) is 13.9. The minimum atomic E-state index is 0.568. The Labute approximate surface area is 96.7 Å². The third-order valence-corrected chi connectivity index (χ3v) is 2.52. The molecule has 3 aromatic heterocycles. The standard InChI is InChI=1S/C10H11N7/c11-9-7(6-14-16-9)5-13-10-8-1-2-15-17(8)4-3-12-10/h1-4,6H,5H2,(H,12,13)(H3,11,14,16). The number of nitrogens with one attached hydrogen (secondary N) is 2. The molecule has 0 bridgehead atoms. The fourth-order valence-electron chi connectivity index (χ4n) is 1.63. The van der Waals surface area contributed by atoms with Crippen LogP contribution in [0.15, 0.2) is 30.9 Å². The number of aromatic amines is 1. The van der Waals surface area contributed by atoms with Gasteiger partial charge in [0, 0.05) is 24.5 Å². The topological polar surface area (TPSA) is 96.9 Å². The average molecular weight is 229 g/mol. The average Bonchev–Trinajstić information content (AvgIpc) is 2.95. The SMILES string of the molecule is Nc1[nH]ncc1CNc1nccn2nccc12. The van der Waals surface area contributed by atoms with E-state index in [0.29, 0.717) is 12.4 Å². The van der Waals surface area contributed by atoms with Crippen LogP contribution in [0.25, 0.3) is 5.52 Å². The number of hydrogen-bond donors (Lipinski definition) is 3. The van der Waals surface area contributed by atoms with Gasteiger partial charge in [-0.2, -0.15) is 10.2 Å². The number of rotatable bonds is 3. The summed E-state index contributed by atoms with van der Waals surface area (Å²) in [5.41, 5.74) is 7.54. The van der Waals surface area contributed by atoms with Gasteiger partial charge in [0.15, 0.2) is 5.82 Å². The van der Waals surface area contributed by atoms with E-state index in [4.69, 9.17) is 5.73 Å². The van der Waals surface area contributed by atoms with Gasteiger partial charge in [-0.05, 0) is 6.07 Å². The number of aromatic nitrogens is 5. The first-order valence-corrected chi connectivity index (χ1v) is 5.14. The summed E-state index contributed by atoms with van der Waals surface area (Å²) < 4.78 is 1.76. The molecule has 3 aromatic rings. The van der Waals surface area contributed by atoms with Gasteiger partial charge in [0.25, 0.3) is 0 Å². The van der Waals surface area contributed by atoms with E-state index in [1.54, 1.807) is 29.3 Å². The molecule has 0 aliphatic heterocycles. The highest BCUT2D eigenvalue weighted by atomic mass is 15.2. The molecule has 7 heteroatoms. The zero-order valence-electron chi connectivity index (χ0n) is 8.96. The van der Waals surface area contributed by atoms with E-state index in [1.807, 2.05) is 6.07 Å². The molecule has 0 fully saturated rings. The van der Waals surface area contributed by atoms with Crippen molar-refractivity contribution in [3.63, 3.8) is 0 Å². The van der Waals surface area contributed by atoms with Crippen LogP contribution in [0.5, 0.6) is 0 Å². The summed E-state index contributed by atoms with van der Waals surface area (Å²) in [6.07, 6.45) is 6.92. The quantitative estimate of drug-likeness (QED) is 0.612. The van der Waals surface area contributed by atoms with Crippen molar-refractivity contribution in [2.24, 2.45) is 0 Å². The van der Waals surface area contributed by atoms with Gasteiger partial charge >= 0.3 is 0 Å². The second-order valence-electron chi connectivity index (χ2n) is 3.60. The Morgan fingerprint density at radius 2 is 2.35 bits per heavy atom. The number of anilines is 2. The van der Waals surface area contributed by atoms with E-state index in [-0.39, 0.29) is 0 Å². The number of nitrogens with zero attached hydrogens (tertiary/aromatic N) is 4. The van der Waals surface area contributed by atoms with Crippen LogP contribution in [-0.4, -0.2) is 24.8 Å². The number of H-pyrrole nitrogens is 1. The highest BCUT2D eigenvalue weighted by molar-refractivity contribution is 5.66. The van der Waals surface area contributed by atoms with Crippen LogP contribution < -0.4 is 11.1 Å². The van der Waals surface area contributed by atoms with E-state index in [0.717, 1.165) is 16.9 Å². The molecule has 17 heavy (non-hydrogen) atoms. The Kier molecular flexibility index (Phi) is 2.14. The lowest BCUT2D eigenvalue weighted by molar-refractivity contribution is 0.942. The van der Waals surface area contributed by atoms with E-state index in [2.05, 4.69) is 25.6 Å². The Bertz CT molecular complexity index is 639. The van der Waals surface area contributed by atoms with Gasteiger partial charge in [-0.25, -0.2) is 9.50 Å². The molecular weight excluding hydrogens is 218 g/mol. The Morgan fingerprint density at radius 1 is 1.41 bits per heavy atom. The Balaban J connectivity index is 1.86. The highest BCUT2D eigenvalue weighted by Gasteiger charge is 2.05. The zero-order valence-corrected chi connectivity index (χ0v) is 8.96. The molecule has 0 unspecified atom stereocenters. The lowest BCUT2D eigenvalue weighted by Crippen LogP contribution is -2.04. The fourth-order valence-corrected chi connectivity index (χ4v) is 1.63. The van der Waals surface area contributed by atoms with Crippen LogP contribution in [0.1, 0.15) is 5.56 Å². The van der Waals surface area contributed by atoms with Crippen LogP contribution in [0.4, 0.5) is 11.6 Å². The third-order valence-electron chi connectivity index (χ3n) is 2.52. The summed E-state index contributed by atoms with van der Waals surface area (Å²) in [7, 11) is 0. The molecular formula is C10H11N7. The molecule has 4 N–H and O–H groups in total. The maximum Gasteiger partial charge on any atom is 0.152 e. The second-order valence-corrected chi connectivity index (χ2v) is 3.60. The molecule has 0 radical (unpaired) electrons. The highest BCUT2D eigenvalue weighted by Crippen LogP contribution is 2.14. The van der Waals surface area contributed by atoms with Crippen molar-refractivity contribution >= 4 is 17.2 Å². The maximum atomic E-state index is 5.70. The molecule has 0 atom stereocenters. The fraction of sp³-hybridized carbons (Fsp3) is 0.100. The van der Waals surface area contributed by atoms with Gasteiger partial charge in [0.1, 0.15) is 11.3 Å². The molecule has 3 rings (SSSR count). The van der Waals surface area contributed by atoms with Crippen molar-refractivity contribution in [3.05, 3.63) is 36.4 Å².